The van der Waals surface area contributed by atoms with Crippen molar-refractivity contribution in [1.82, 2.24) is 10.6 Å². The van der Waals surface area contributed by atoms with Crippen molar-refractivity contribution in [2.75, 3.05) is 33.4 Å². The number of carbonyl (C=O) groups is 1. The van der Waals surface area contributed by atoms with Crippen LogP contribution in [0.4, 0.5) is 0 Å². The molecule has 5 nitrogen and oxygen atoms in total. The molecule has 0 saturated carbocycles. The van der Waals surface area contributed by atoms with Crippen LogP contribution in [-0.2, 0) is 16.0 Å². The Labute approximate surface area is 119 Å². The topological polar surface area (TPSA) is 59.6 Å². The summed E-state index contributed by atoms with van der Waals surface area (Å²) >= 11 is 0. The average Bonchev–Trinajstić information content (AvgIpc) is 2.81. The van der Waals surface area contributed by atoms with Crippen molar-refractivity contribution >= 4 is 5.91 Å². The van der Waals surface area contributed by atoms with Crippen LogP contribution in [0.15, 0.2) is 18.2 Å². The molecule has 1 heterocycles. The molecule has 0 saturated heterocycles. The molecule has 20 heavy (non-hydrogen) atoms. The molecular formula is C15H22N2O3. The summed E-state index contributed by atoms with van der Waals surface area (Å²) in [5.74, 6) is 0.945. The number of nitrogens with one attached hydrogen (secondary N) is 2. The number of rotatable bonds is 7. The first kappa shape index (κ1) is 14.8. The minimum absolute atomic E-state index is 0.0200. The lowest BCUT2D eigenvalue weighted by atomic mass is 10.1. The summed E-state index contributed by atoms with van der Waals surface area (Å²) in [5.41, 5.74) is 2.50. The third kappa shape index (κ3) is 4.21. The van der Waals surface area contributed by atoms with Crippen LogP contribution in [-0.4, -0.2) is 45.4 Å². The molecule has 1 atom stereocenters. The normalized spacial score (nSPS) is 16.6. The first-order chi connectivity index (χ1) is 9.69. The zero-order valence-corrected chi connectivity index (χ0v) is 12.1. The minimum atomic E-state index is -0.0200. The molecule has 0 bridgehead atoms. The molecule has 0 aromatic heterocycles. The molecule has 0 spiro atoms. The van der Waals surface area contributed by atoms with Gasteiger partial charge in [-0.2, -0.15) is 0 Å². The van der Waals surface area contributed by atoms with E-state index in [-0.39, 0.29) is 12.0 Å². The number of hydrogen-bond donors (Lipinski definition) is 2. The SMILES string of the molecule is COCCNC(=O)CNCC1Cc2cc(C)ccc2O1. The van der Waals surface area contributed by atoms with Gasteiger partial charge in [-0.05, 0) is 18.6 Å². The summed E-state index contributed by atoms with van der Waals surface area (Å²) in [4.78, 5) is 11.5. The molecule has 0 aliphatic carbocycles. The zero-order chi connectivity index (χ0) is 14.4. The molecule has 1 aliphatic rings. The molecule has 5 heteroatoms. The van der Waals surface area contributed by atoms with Gasteiger partial charge in [-0.25, -0.2) is 0 Å². The molecule has 110 valence electrons. The van der Waals surface area contributed by atoms with E-state index in [0.717, 1.165) is 12.2 Å². The second kappa shape index (κ2) is 7.26. The monoisotopic (exact) mass is 278 g/mol. The number of benzene rings is 1. The second-order valence-corrected chi connectivity index (χ2v) is 5.03. The molecule has 1 amide bonds. The Kier molecular flexibility index (Phi) is 5.38. The van der Waals surface area contributed by atoms with Crippen LogP contribution in [0, 0.1) is 6.92 Å². The highest BCUT2D eigenvalue weighted by Gasteiger charge is 2.22. The number of ether oxygens (including phenoxy) is 2. The van der Waals surface area contributed by atoms with Crippen LogP contribution in [0.1, 0.15) is 11.1 Å². The van der Waals surface area contributed by atoms with Gasteiger partial charge in [0.05, 0.1) is 13.2 Å². The van der Waals surface area contributed by atoms with Crippen molar-refractivity contribution in [3.8, 4) is 5.75 Å². The molecule has 0 radical (unpaired) electrons. The summed E-state index contributed by atoms with van der Waals surface area (Å²) < 4.78 is 10.7. The largest absolute Gasteiger partial charge is 0.488 e. The third-order valence-electron chi connectivity index (χ3n) is 3.24. The van der Waals surface area contributed by atoms with Crippen molar-refractivity contribution in [1.29, 1.82) is 0 Å². The lowest BCUT2D eigenvalue weighted by molar-refractivity contribution is -0.120. The fraction of sp³-hybridized carbons (Fsp3) is 0.533. The van der Waals surface area contributed by atoms with Crippen LogP contribution >= 0.6 is 0 Å². The second-order valence-electron chi connectivity index (χ2n) is 5.03. The predicted molar refractivity (Wildman–Crippen MR) is 77.1 cm³/mol. The highest BCUT2D eigenvalue weighted by molar-refractivity contribution is 5.77. The summed E-state index contributed by atoms with van der Waals surface area (Å²) in [5, 5.41) is 5.89. The van der Waals surface area contributed by atoms with E-state index < -0.39 is 0 Å². The van der Waals surface area contributed by atoms with E-state index >= 15 is 0 Å². The molecular weight excluding hydrogens is 256 g/mol. The predicted octanol–water partition coefficient (Wildman–Crippen LogP) is 0.651. The number of aryl methyl sites for hydroxylation is 1. The van der Waals surface area contributed by atoms with E-state index in [1.807, 2.05) is 6.07 Å². The van der Waals surface area contributed by atoms with E-state index in [2.05, 4.69) is 29.7 Å². The number of fused-ring (bicyclic) bond motifs is 1. The highest BCUT2D eigenvalue weighted by atomic mass is 16.5. The van der Waals surface area contributed by atoms with Gasteiger partial charge >= 0.3 is 0 Å². The lowest BCUT2D eigenvalue weighted by Gasteiger charge is -2.11. The quantitative estimate of drug-likeness (QED) is 0.719. The maximum Gasteiger partial charge on any atom is 0.234 e. The van der Waals surface area contributed by atoms with Gasteiger partial charge in [0.15, 0.2) is 0 Å². The van der Waals surface area contributed by atoms with Crippen molar-refractivity contribution in [3.63, 3.8) is 0 Å². The van der Waals surface area contributed by atoms with Crippen LogP contribution in [0.5, 0.6) is 5.75 Å². The first-order valence-corrected chi connectivity index (χ1v) is 6.91. The molecule has 0 fully saturated rings. The Balaban J connectivity index is 1.66. The Morgan fingerprint density at radius 1 is 1.50 bits per heavy atom. The van der Waals surface area contributed by atoms with E-state index in [1.54, 1.807) is 7.11 Å². The van der Waals surface area contributed by atoms with Crippen molar-refractivity contribution in [2.24, 2.45) is 0 Å². The summed E-state index contributed by atoms with van der Waals surface area (Å²) in [6, 6.07) is 6.23. The third-order valence-corrected chi connectivity index (χ3v) is 3.24. The molecule has 2 N–H and O–H groups in total. The number of carbonyl (C=O) groups excluding carboxylic acids is 1. The number of methoxy groups -OCH3 is 1. The molecule has 1 aliphatic heterocycles. The van der Waals surface area contributed by atoms with E-state index in [4.69, 9.17) is 9.47 Å². The van der Waals surface area contributed by atoms with Crippen LogP contribution in [0.25, 0.3) is 0 Å². The smallest absolute Gasteiger partial charge is 0.234 e. The summed E-state index contributed by atoms with van der Waals surface area (Å²) in [6.45, 7) is 4.13. The van der Waals surface area contributed by atoms with Crippen molar-refractivity contribution in [2.45, 2.75) is 19.4 Å². The lowest BCUT2D eigenvalue weighted by Crippen LogP contribution is -2.39. The van der Waals surface area contributed by atoms with Gasteiger partial charge in [0.2, 0.25) is 5.91 Å². The van der Waals surface area contributed by atoms with Gasteiger partial charge in [0, 0.05) is 26.6 Å². The van der Waals surface area contributed by atoms with Gasteiger partial charge in [-0.15, -0.1) is 0 Å². The molecule has 1 unspecified atom stereocenters. The fourth-order valence-corrected chi connectivity index (χ4v) is 2.26. The van der Waals surface area contributed by atoms with E-state index in [0.29, 0.717) is 26.2 Å². The van der Waals surface area contributed by atoms with Gasteiger partial charge in [-0.3, -0.25) is 4.79 Å². The molecule has 1 aromatic carbocycles. The highest BCUT2D eigenvalue weighted by Crippen LogP contribution is 2.29. The van der Waals surface area contributed by atoms with Gasteiger partial charge in [-0.1, -0.05) is 17.7 Å². The van der Waals surface area contributed by atoms with Gasteiger partial charge in [0.25, 0.3) is 0 Å². The minimum Gasteiger partial charge on any atom is -0.488 e. The first-order valence-electron chi connectivity index (χ1n) is 6.91. The summed E-state index contributed by atoms with van der Waals surface area (Å²) in [7, 11) is 1.61. The van der Waals surface area contributed by atoms with Gasteiger partial charge in [0.1, 0.15) is 11.9 Å². The Morgan fingerprint density at radius 2 is 2.35 bits per heavy atom. The fourth-order valence-electron chi connectivity index (χ4n) is 2.26. The van der Waals surface area contributed by atoms with Gasteiger partial charge < -0.3 is 20.1 Å². The summed E-state index contributed by atoms with van der Waals surface area (Å²) in [6.07, 6.45) is 1.01. The maximum atomic E-state index is 11.5. The van der Waals surface area contributed by atoms with E-state index in [1.165, 1.54) is 11.1 Å². The number of hydrogen-bond acceptors (Lipinski definition) is 4. The Bertz CT molecular complexity index is 462. The number of amides is 1. The molecule has 1 aromatic rings. The van der Waals surface area contributed by atoms with Crippen LogP contribution in [0.3, 0.4) is 0 Å². The Morgan fingerprint density at radius 3 is 3.15 bits per heavy atom. The van der Waals surface area contributed by atoms with Crippen LogP contribution < -0.4 is 15.4 Å². The Hall–Kier alpha value is -1.59. The van der Waals surface area contributed by atoms with Crippen LogP contribution in [0.2, 0.25) is 0 Å². The van der Waals surface area contributed by atoms with Crippen molar-refractivity contribution < 1.29 is 14.3 Å². The van der Waals surface area contributed by atoms with E-state index in [9.17, 15) is 4.79 Å². The zero-order valence-electron chi connectivity index (χ0n) is 12.1. The standard InChI is InChI=1S/C15H22N2O3/c1-11-3-4-14-12(7-11)8-13(20-14)9-16-10-15(18)17-5-6-19-2/h3-4,7,13,16H,5-6,8-10H2,1-2H3,(H,17,18). The maximum absolute atomic E-state index is 11.5. The van der Waals surface area contributed by atoms with Crippen molar-refractivity contribution in [3.05, 3.63) is 29.3 Å². The average molecular weight is 278 g/mol. The molecule has 2 rings (SSSR count).